The highest BCUT2D eigenvalue weighted by Gasteiger charge is 2.33. The number of nitrogens with two attached hydrogens (primary N) is 1. The second kappa shape index (κ2) is 5.19. The van der Waals surface area contributed by atoms with Crippen LogP contribution >= 0.6 is 0 Å². The zero-order chi connectivity index (χ0) is 13.2. The van der Waals surface area contributed by atoms with Crippen LogP contribution in [0.5, 0.6) is 0 Å². The van der Waals surface area contributed by atoms with Crippen LogP contribution in [-0.2, 0) is 11.3 Å². The highest BCUT2D eigenvalue weighted by Crippen LogP contribution is 2.27. The van der Waals surface area contributed by atoms with Crippen LogP contribution in [0.3, 0.4) is 0 Å². The van der Waals surface area contributed by atoms with Gasteiger partial charge >= 0.3 is 0 Å². The second-order valence-electron chi connectivity index (χ2n) is 5.29. The Morgan fingerprint density at radius 2 is 2.00 bits per heavy atom. The molecule has 2 atom stereocenters. The number of amidine groups is 1. The van der Waals surface area contributed by atoms with Gasteiger partial charge in [-0.05, 0) is 18.4 Å². The first kappa shape index (κ1) is 12.4. The molecule has 2 aliphatic rings. The number of ether oxygens (including phenoxy) is 1. The number of oxime groups is 1. The molecule has 19 heavy (non-hydrogen) atoms. The molecular formula is C14H19N3O2. The minimum absolute atomic E-state index is 0.173. The molecule has 0 radical (unpaired) electrons. The lowest BCUT2D eigenvalue weighted by atomic mass is 10.1. The third kappa shape index (κ3) is 2.57. The van der Waals surface area contributed by atoms with Crippen molar-refractivity contribution in [1.29, 1.82) is 0 Å². The van der Waals surface area contributed by atoms with Gasteiger partial charge in [-0.15, -0.1) is 0 Å². The summed E-state index contributed by atoms with van der Waals surface area (Å²) in [5, 5.41) is 11.9. The topological polar surface area (TPSA) is 71.1 Å². The van der Waals surface area contributed by atoms with E-state index in [1.807, 2.05) is 24.3 Å². The van der Waals surface area contributed by atoms with Gasteiger partial charge in [0.1, 0.15) is 0 Å². The van der Waals surface area contributed by atoms with Gasteiger partial charge in [-0.2, -0.15) is 0 Å². The molecule has 0 aromatic heterocycles. The van der Waals surface area contributed by atoms with E-state index in [0.717, 1.165) is 30.8 Å². The van der Waals surface area contributed by atoms with Gasteiger partial charge in [-0.25, -0.2) is 0 Å². The Balaban J connectivity index is 1.76. The van der Waals surface area contributed by atoms with Crippen LogP contribution in [0.25, 0.3) is 0 Å². The maximum atomic E-state index is 8.84. The average molecular weight is 261 g/mol. The molecule has 0 aliphatic carbocycles. The lowest BCUT2D eigenvalue weighted by Crippen LogP contribution is -2.42. The van der Waals surface area contributed by atoms with Gasteiger partial charge in [0, 0.05) is 25.2 Å². The highest BCUT2D eigenvalue weighted by atomic mass is 16.5. The molecule has 0 saturated carbocycles. The summed E-state index contributed by atoms with van der Waals surface area (Å²) in [6, 6.07) is 7.81. The van der Waals surface area contributed by atoms with Gasteiger partial charge < -0.3 is 15.7 Å². The van der Waals surface area contributed by atoms with Crippen LogP contribution in [-0.4, -0.2) is 41.2 Å². The van der Waals surface area contributed by atoms with Crippen molar-refractivity contribution in [3.8, 4) is 0 Å². The van der Waals surface area contributed by atoms with Gasteiger partial charge in [-0.1, -0.05) is 29.4 Å². The fourth-order valence-electron chi connectivity index (χ4n) is 3.03. The Bertz CT molecular complexity index is 477. The maximum absolute atomic E-state index is 8.84. The van der Waals surface area contributed by atoms with E-state index in [0.29, 0.717) is 12.2 Å². The normalized spacial score (nSPS) is 27.7. The third-order valence-corrected chi connectivity index (χ3v) is 3.91. The molecule has 102 valence electrons. The van der Waals surface area contributed by atoms with E-state index in [2.05, 4.69) is 10.1 Å². The van der Waals surface area contributed by atoms with E-state index in [1.54, 1.807) is 0 Å². The molecule has 5 heteroatoms. The monoisotopic (exact) mass is 261 g/mol. The Kier molecular flexibility index (Phi) is 3.40. The van der Waals surface area contributed by atoms with Gasteiger partial charge in [0.05, 0.1) is 12.2 Å². The summed E-state index contributed by atoms with van der Waals surface area (Å²) >= 11 is 0. The van der Waals surface area contributed by atoms with E-state index < -0.39 is 0 Å². The number of likely N-dealkylation sites (tertiary alicyclic amines) is 1. The lowest BCUT2D eigenvalue weighted by Gasteiger charge is -2.32. The molecule has 2 saturated heterocycles. The fraction of sp³-hybridized carbons (Fsp3) is 0.500. The van der Waals surface area contributed by atoms with Crippen LogP contribution in [0.2, 0.25) is 0 Å². The summed E-state index contributed by atoms with van der Waals surface area (Å²) in [4.78, 5) is 2.40. The molecule has 2 aliphatic heterocycles. The number of hydrogen-bond acceptors (Lipinski definition) is 4. The summed E-state index contributed by atoms with van der Waals surface area (Å²) < 4.78 is 5.83. The summed E-state index contributed by atoms with van der Waals surface area (Å²) in [6.45, 7) is 2.77. The average Bonchev–Trinajstić information content (AvgIpc) is 2.78. The molecule has 1 aromatic rings. The van der Waals surface area contributed by atoms with Crippen LogP contribution < -0.4 is 5.73 Å². The molecule has 2 heterocycles. The van der Waals surface area contributed by atoms with Crippen molar-refractivity contribution in [3.05, 3.63) is 35.4 Å². The standard InChI is InChI=1S/C14H19N3O2/c15-14(16-18)13-4-2-1-3-10(13)7-17-8-11-5-6-12(9-17)19-11/h1-4,11-12,18H,5-9H2,(H2,15,16). The zero-order valence-electron chi connectivity index (χ0n) is 10.8. The van der Waals surface area contributed by atoms with E-state index in [-0.39, 0.29) is 5.84 Å². The van der Waals surface area contributed by atoms with Crippen LogP contribution in [0, 0.1) is 0 Å². The Labute approximate surface area is 112 Å². The first-order valence-electron chi connectivity index (χ1n) is 6.70. The van der Waals surface area contributed by atoms with Crippen LogP contribution in [0.4, 0.5) is 0 Å². The largest absolute Gasteiger partial charge is 0.409 e. The molecule has 3 rings (SSSR count). The third-order valence-electron chi connectivity index (χ3n) is 3.91. The second-order valence-corrected chi connectivity index (χ2v) is 5.29. The molecule has 2 fully saturated rings. The van der Waals surface area contributed by atoms with Crippen molar-refractivity contribution >= 4 is 5.84 Å². The first-order valence-corrected chi connectivity index (χ1v) is 6.70. The number of fused-ring (bicyclic) bond motifs is 2. The lowest BCUT2D eigenvalue weighted by molar-refractivity contribution is -0.0410. The van der Waals surface area contributed by atoms with E-state index in [4.69, 9.17) is 15.7 Å². The first-order chi connectivity index (χ1) is 9.26. The molecule has 0 amide bonds. The molecule has 1 aromatic carbocycles. The quantitative estimate of drug-likeness (QED) is 0.370. The summed E-state index contributed by atoms with van der Waals surface area (Å²) in [5.41, 5.74) is 7.63. The SMILES string of the molecule is NC(=NO)c1ccccc1CN1CC2CCC(C1)O2. The maximum Gasteiger partial charge on any atom is 0.170 e. The Morgan fingerprint density at radius 3 is 2.68 bits per heavy atom. The zero-order valence-corrected chi connectivity index (χ0v) is 10.8. The molecule has 5 nitrogen and oxygen atoms in total. The van der Waals surface area contributed by atoms with Crippen molar-refractivity contribution < 1.29 is 9.94 Å². The minimum Gasteiger partial charge on any atom is -0.409 e. The number of nitrogens with zero attached hydrogens (tertiary/aromatic N) is 2. The molecule has 2 unspecified atom stereocenters. The van der Waals surface area contributed by atoms with E-state index >= 15 is 0 Å². The van der Waals surface area contributed by atoms with Gasteiger partial charge in [0.2, 0.25) is 0 Å². The van der Waals surface area contributed by atoms with Crippen LogP contribution in [0.15, 0.2) is 29.4 Å². The summed E-state index contributed by atoms with van der Waals surface area (Å²) in [7, 11) is 0. The minimum atomic E-state index is 0.173. The summed E-state index contributed by atoms with van der Waals surface area (Å²) in [5.74, 6) is 0.173. The number of hydrogen-bond donors (Lipinski definition) is 2. The van der Waals surface area contributed by atoms with E-state index in [9.17, 15) is 0 Å². The predicted octanol–water partition coefficient (Wildman–Crippen LogP) is 1.14. The predicted molar refractivity (Wildman–Crippen MR) is 72.1 cm³/mol. The molecular weight excluding hydrogens is 242 g/mol. The van der Waals surface area contributed by atoms with Gasteiger partial charge in [0.15, 0.2) is 5.84 Å². The summed E-state index contributed by atoms with van der Waals surface area (Å²) in [6.07, 6.45) is 3.11. The van der Waals surface area contributed by atoms with Crippen molar-refractivity contribution in [3.63, 3.8) is 0 Å². The Hall–Kier alpha value is -1.59. The Morgan fingerprint density at radius 1 is 1.32 bits per heavy atom. The van der Waals surface area contributed by atoms with Crippen molar-refractivity contribution in [2.45, 2.75) is 31.6 Å². The smallest absolute Gasteiger partial charge is 0.170 e. The van der Waals surface area contributed by atoms with Gasteiger partial charge in [0.25, 0.3) is 0 Å². The van der Waals surface area contributed by atoms with Gasteiger partial charge in [-0.3, -0.25) is 4.90 Å². The number of rotatable bonds is 3. The molecule has 2 bridgehead atoms. The molecule has 0 spiro atoms. The van der Waals surface area contributed by atoms with E-state index in [1.165, 1.54) is 12.8 Å². The number of benzene rings is 1. The van der Waals surface area contributed by atoms with Crippen LogP contribution in [0.1, 0.15) is 24.0 Å². The molecule has 3 N–H and O–H groups in total. The van der Waals surface area contributed by atoms with Crippen molar-refractivity contribution in [1.82, 2.24) is 4.90 Å². The highest BCUT2D eigenvalue weighted by molar-refractivity contribution is 5.98. The van der Waals surface area contributed by atoms with Crippen molar-refractivity contribution in [2.75, 3.05) is 13.1 Å². The fourth-order valence-corrected chi connectivity index (χ4v) is 3.03. The number of morpholine rings is 1. The van der Waals surface area contributed by atoms with Crippen molar-refractivity contribution in [2.24, 2.45) is 10.9 Å².